The quantitative estimate of drug-likeness (QED) is 0.783. The van der Waals surface area contributed by atoms with Crippen LogP contribution in [0.3, 0.4) is 0 Å². The van der Waals surface area contributed by atoms with Gasteiger partial charge in [-0.1, -0.05) is 18.2 Å². The highest BCUT2D eigenvalue weighted by molar-refractivity contribution is 5.56. The maximum atomic E-state index is 8.85. The molecule has 3 nitrogen and oxygen atoms in total. The average molecular weight is 206 g/mol. The SMILES string of the molecule is NC1CCN(CCCO)c2ccccc21. The van der Waals surface area contributed by atoms with Crippen LogP contribution in [-0.4, -0.2) is 24.8 Å². The Morgan fingerprint density at radius 3 is 3.00 bits per heavy atom. The van der Waals surface area contributed by atoms with E-state index in [1.807, 2.05) is 12.1 Å². The van der Waals surface area contributed by atoms with Crippen LogP contribution in [0.2, 0.25) is 0 Å². The van der Waals surface area contributed by atoms with Crippen molar-refractivity contribution < 1.29 is 5.11 Å². The summed E-state index contributed by atoms with van der Waals surface area (Å²) in [6, 6.07) is 8.47. The molecule has 15 heavy (non-hydrogen) atoms. The molecule has 0 saturated carbocycles. The van der Waals surface area contributed by atoms with Crippen LogP contribution in [0.1, 0.15) is 24.4 Å². The normalized spacial score (nSPS) is 20.1. The van der Waals surface area contributed by atoms with Gasteiger partial charge in [-0.15, -0.1) is 0 Å². The lowest BCUT2D eigenvalue weighted by atomic mass is 9.97. The van der Waals surface area contributed by atoms with Gasteiger partial charge in [0.2, 0.25) is 0 Å². The highest BCUT2D eigenvalue weighted by Gasteiger charge is 2.21. The molecule has 1 atom stereocenters. The van der Waals surface area contributed by atoms with Gasteiger partial charge in [0.05, 0.1) is 0 Å². The zero-order valence-electron chi connectivity index (χ0n) is 8.89. The zero-order valence-corrected chi connectivity index (χ0v) is 8.89. The number of rotatable bonds is 3. The van der Waals surface area contributed by atoms with Crippen LogP contribution in [0, 0.1) is 0 Å². The predicted molar refractivity (Wildman–Crippen MR) is 61.9 cm³/mol. The summed E-state index contributed by atoms with van der Waals surface area (Å²) in [4.78, 5) is 2.31. The number of para-hydroxylation sites is 1. The number of hydrogen-bond acceptors (Lipinski definition) is 3. The Kier molecular flexibility index (Phi) is 3.23. The first-order chi connectivity index (χ1) is 7.33. The van der Waals surface area contributed by atoms with Crippen molar-refractivity contribution in [3.8, 4) is 0 Å². The van der Waals surface area contributed by atoms with E-state index in [1.165, 1.54) is 11.3 Å². The van der Waals surface area contributed by atoms with E-state index in [9.17, 15) is 0 Å². The molecular weight excluding hydrogens is 188 g/mol. The summed E-state index contributed by atoms with van der Waals surface area (Å²) in [5.41, 5.74) is 8.54. The van der Waals surface area contributed by atoms with Crippen molar-refractivity contribution in [2.24, 2.45) is 5.73 Å². The number of aliphatic hydroxyl groups excluding tert-OH is 1. The molecule has 0 aromatic heterocycles. The molecule has 1 aliphatic heterocycles. The zero-order chi connectivity index (χ0) is 10.7. The van der Waals surface area contributed by atoms with Crippen molar-refractivity contribution in [2.75, 3.05) is 24.6 Å². The van der Waals surface area contributed by atoms with Crippen molar-refractivity contribution in [1.82, 2.24) is 0 Å². The van der Waals surface area contributed by atoms with Gasteiger partial charge >= 0.3 is 0 Å². The van der Waals surface area contributed by atoms with Gasteiger partial charge < -0.3 is 15.7 Å². The second-order valence-corrected chi connectivity index (χ2v) is 4.02. The minimum atomic E-state index is 0.173. The van der Waals surface area contributed by atoms with E-state index in [0.29, 0.717) is 0 Å². The Morgan fingerprint density at radius 1 is 1.40 bits per heavy atom. The van der Waals surface area contributed by atoms with Crippen molar-refractivity contribution in [1.29, 1.82) is 0 Å². The molecule has 0 aliphatic carbocycles. The van der Waals surface area contributed by atoms with Crippen LogP contribution in [0.15, 0.2) is 24.3 Å². The maximum Gasteiger partial charge on any atom is 0.0447 e. The van der Waals surface area contributed by atoms with E-state index in [1.54, 1.807) is 0 Å². The lowest BCUT2D eigenvalue weighted by Gasteiger charge is -2.34. The van der Waals surface area contributed by atoms with Crippen molar-refractivity contribution in [2.45, 2.75) is 18.9 Å². The third kappa shape index (κ3) is 2.13. The highest BCUT2D eigenvalue weighted by atomic mass is 16.3. The number of fused-ring (bicyclic) bond motifs is 1. The molecule has 1 heterocycles. The minimum absolute atomic E-state index is 0.173. The lowest BCUT2D eigenvalue weighted by molar-refractivity contribution is 0.289. The second-order valence-electron chi connectivity index (χ2n) is 4.02. The third-order valence-electron chi connectivity index (χ3n) is 2.97. The Morgan fingerprint density at radius 2 is 2.20 bits per heavy atom. The van der Waals surface area contributed by atoms with E-state index in [0.717, 1.165) is 25.9 Å². The fourth-order valence-corrected chi connectivity index (χ4v) is 2.15. The van der Waals surface area contributed by atoms with Gasteiger partial charge in [-0.3, -0.25) is 0 Å². The van der Waals surface area contributed by atoms with Crippen LogP contribution in [-0.2, 0) is 0 Å². The fourth-order valence-electron chi connectivity index (χ4n) is 2.15. The molecule has 0 radical (unpaired) electrons. The second kappa shape index (κ2) is 4.64. The smallest absolute Gasteiger partial charge is 0.0447 e. The summed E-state index contributed by atoms with van der Waals surface area (Å²) in [5, 5.41) is 8.85. The van der Waals surface area contributed by atoms with Crippen molar-refractivity contribution in [3.63, 3.8) is 0 Å². The largest absolute Gasteiger partial charge is 0.396 e. The first-order valence-electron chi connectivity index (χ1n) is 5.53. The van der Waals surface area contributed by atoms with Gasteiger partial charge in [0.15, 0.2) is 0 Å². The molecule has 0 fully saturated rings. The molecule has 1 aliphatic rings. The van der Waals surface area contributed by atoms with Crippen LogP contribution in [0.5, 0.6) is 0 Å². The summed E-state index contributed by atoms with van der Waals surface area (Å²) in [5.74, 6) is 0. The summed E-state index contributed by atoms with van der Waals surface area (Å²) in [6.07, 6.45) is 1.83. The standard InChI is InChI=1S/C12H18N2O/c13-11-6-8-14(7-3-9-15)12-5-2-1-4-10(11)12/h1-2,4-5,11,15H,3,6-9,13H2. The van der Waals surface area contributed by atoms with E-state index in [-0.39, 0.29) is 12.6 Å². The molecule has 3 N–H and O–H groups in total. The molecule has 1 aromatic carbocycles. The summed E-state index contributed by atoms with van der Waals surface area (Å²) in [6.45, 7) is 2.17. The van der Waals surface area contributed by atoms with Gasteiger partial charge in [0.25, 0.3) is 0 Å². The fraction of sp³-hybridized carbons (Fsp3) is 0.500. The lowest BCUT2D eigenvalue weighted by Crippen LogP contribution is -2.34. The van der Waals surface area contributed by atoms with Crippen molar-refractivity contribution in [3.05, 3.63) is 29.8 Å². The first-order valence-corrected chi connectivity index (χ1v) is 5.53. The van der Waals surface area contributed by atoms with Gasteiger partial charge in [-0.2, -0.15) is 0 Å². The molecule has 82 valence electrons. The maximum absolute atomic E-state index is 8.85. The molecule has 1 unspecified atom stereocenters. The number of anilines is 1. The monoisotopic (exact) mass is 206 g/mol. The van der Waals surface area contributed by atoms with E-state index in [2.05, 4.69) is 17.0 Å². The van der Waals surface area contributed by atoms with Gasteiger partial charge in [-0.05, 0) is 24.5 Å². The van der Waals surface area contributed by atoms with Gasteiger partial charge in [-0.25, -0.2) is 0 Å². The average Bonchev–Trinajstić information content (AvgIpc) is 2.29. The molecule has 0 bridgehead atoms. The summed E-state index contributed by atoms with van der Waals surface area (Å²) in [7, 11) is 0. The molecule has 2 rings (SSSR count). The minimum Gasteiger partial charge on any atom is -0.396 e. The van der Waals surface area contributed by atoms with Gasteiger partial charge in [0.1, 0.15) is 0 Å². The molecule has 0 spiro atoms. The topological polar surface area (TPSA) is 49.5 Å². The van der Waals surface area contributed by atoms with Crippen molar-refractivity contribution >= 4 is 5.69 Å². The number of benzene rings is 1. The van der Waals surface area contributed by atoms with Gasteiger partial charge in [0, 0.05) is 31.4 Å². The van der Waals surface area contributed by atoms with E-state index >= 15 is 0 Å². The number of aliphatic hydroxyl groups is 1. The Hall–Kier alpha value is -1.06. The van der Waals surface area contributed by atoms with Crippen LogP contribution < -0.4 is 10.6 Å². The number of nitrogens with two attached hydrogens (primary N) is 1. The van der Waals surface area contributed by atoms with E-state index < -0.39 is 0 Å². The molecule has 3 heteroatoms. The van der Waals surface area contributed by atoms with Crippen LogP contribution in [0.25, 0.3) is 0 Å². The molecule has 1 aromatic rings. The molecule has 0 amide bonds. The van der Waals surface area contributed by atoms with E-state index in [4.69, 9.17) is 10.8 Å². The number of hydrogen-bond donors (Lipinski definition) is 2. The Bertz CT molecular complexity index is 327. The molecule has 0 saturated heterocycles. The Labute approximate surface area is 90.5 Å². The third-order valence-corrected chi connectivity index (χ3v) is 2.97. The predicted octanol–water partition coefficient (Wildman–Crippen LogP) is 1.28. The first kappa shape index (κ1) is 10.5. The molecular formula is C12H18N2O. The number of nitrogens with zero attached hydrogens (tertiary/aromatic N) is 1. The summed E-state index contributed by atoms with van der Waals surface area (Å²) >= 11 is 0. The highest BCUT2D eigenvalue weighted by Crippen LogP contribution is 2.31. The summed E-state index contributed by atoms with van der Waals surface area (Å²) < 4.78 is 0. The van der Waals surface area contributed by atoms with Crippen LogP contribution in [0.4, 0.5) is 5.69 Å². The van der Waals surface area contributed by atoms with Crippen LogP contribution >= 0.6 is 0 Å². The Balaban J connectivity index is 2.20.